The van der Waals surface area contributed by atoms with Crippen molar-refractivity contribution in [3.63, 3.8) is 0 Å². The number of aryl methyl sites for hydroxylation is 1. The minimum absolute atomic E-state index is 0.0861. The number of benzene rings is 1. The third kappa shape index (κ3) is 5.81. The van der Waals surface area contributed by atoms with Gasteiger partial charge in [-0.2, -0.15) is 11.3 Å². The molecule has 0 spiro atoms. The highest BCUT2D eigenvalue weighted by Crippen LogP contribution is 2.14. The van der Waals surface area contributed by atoms with E-state index in [1.54, 1.807) is 42.5 Å². The SMILES string of the molecule is CC(C)C(=O)Nc1ccc(C(=O)C(C)OC(=O)CCc2ccsc2)cc1. The Hall–Kier alpha value is -2.47. The number of hydrogen-bond acceptors (Lipinski definition) is 5. The van der Waals surface area contributed by atoms with Crippen LogP contribution in [0.15, 0.2) is 41.1 Å². The molecule has 0 saturated carbocycles. The van der Waals surface area contributed by atoms with Crippen LogP contribution in [0.4, 0.5) is 5.69 Å². The Morgan fingerprint density at radius 2 is 1.77 bits per heavy atom. The summed E-state index contributed by atoms with van der Waals surface area (Å²) in [5, 5.41) is 6.71. The Labute approximate surface area is 157 Å². The third-order valence-electron chi connectivity index (χ3n) is 3.84. The van der Waals surface area contributed by atoms with E-state index in [-0.39, 0.29) is 24.0 Å². The largest absolute Gasteiger partial charge is 0.454 e. The number of hydrogen-bond donors (Lipinski definition) is 1. The van der Waals surface area contributed by atoms with Gasteiger partial charge in [0.15, 0.2) is 6.10 Å². The van der Waals surface area contributed by atoms with Gasteiger partial charge in [-0.15, -0.1) is 0 Å². The quantitative estimate of drug-likeness (QED) is 0.559. The molecule has 1 atom stereocenters. The van der Waals surface area contributed by atoms with E-state index in [9.17, 15) is 14.4 Å². The van der Waals surface area contributed by atoms with Crippen LogP contribution in [-0.4, -0.2) is 23.8 Å². The topological polar surface area (TPSA) is 72.5 Å². The molecular weight excluding hydrogens is 350 g/mol. The van der Waals surface area contributed by atoms with Gasteiger partial charge < -0.3 is 10.1 Å². The number of rotatable bonds is 8. The van der Waals surface area contributed by atoms with Crippen LogP contribution >= 0.6 is 11.3 Å². The number of ketones is 1. The summed E-state index contributed by atoms with van der Waals surface area (Å²) in [4.78, 5) is 36.0. The Kier molecular flexibility index (Phi) is 7.09. The van der Waals surface area contributed by atoms with Crippen molar-refractivity contribution < 1.29 is 19.1 Å². The fourth-order valence-corrected chi connectivity index (χ4v) is 2.93. The smallest absolute Gasteiger partial charge is 0.306 e. The molecule has 0 fully saturated rings. The molecule has 0 aliphatic rings. The highest BCUT2D eigenvalue weighted by atomic mass is 32.1. The number of thiophene rings is 1. The third-order valence-corrected chi connectivity index (χ3v) is 4.57. The van der Waals surface area contributed by atoms with Gasteiger partial charge in [0.05, 0.1) is 0 Å². The summed E-state index contributed by atoms with van der Waals surface area (Å²) in [6.45, 7) is 5.18. The normalized spacial score (nSPS) is 11.8. The molecule has 0 aliphatic carbocycles. The molecule has 1 amide bonds. The highest BCUT2D eigenvalue weighted by Gasteiger charge is 2.19. The maximum Gasteiger partial charge on any atom is 0.306 e. The first-order valence-electron chi connectivity index (χ1n) is 8.52. The van der Waals surface area contributed by atoms with Crippen LogP contribution in [0.25, 0.3) is 0 Å². The lowest BCUT2D eigenvalue weighted by Gasteiger charge is -2.13. The van der Waals surface area contributed by atoms with Gasteiger partial charge in [-0.25, -0.2) is 0 Å². The van der Waals surface area contributed by atoms with Gasteiger partial charge in [0, 0.05) is 23.6 Å². The van der Waals surface area contributed by atoms with E-state index in [1.807, 2.05) is 30.7 Å². The van der Waals surface area contributed by atoms with Gasteiger partial charge in [0.2, 0.25) is 11.7 Å². The lowest BCUT2D eigenvalue weighted by molar-refractivity contribution is -0.146. The van der Waals surface area contributed by atoms with Crippen molar-refractivity contribution in [2.45, 2.75) is 39.7 Å². The van der Waals surface area contributed by atoms with Crippen LogP contribution in [0.5, 0.6) is 0 Å². The highest BCUT2D eigenvalue weighted by molar-refractivity contribution is 7.07. The zero-order valence-corrected chi connectivity index (χ0v) is 16.0. The fraction of sp³-hybridized carbons (Fsp3) is 0.350. The van der Waals surface area contributed by atoms with E-state index < -0.39 is 12.1 Å². The van der Waals surface area contributed by atoms with Crippen LogP contribution in [0.3, 0.4) is 0 Å². The summed E-state index contributed by atoms with van der Waals surface area (Å²) in [5.74, 6) is -0.865. The first kappa shape index (κ1) is 19.8. The number of ether oxygens (including phenoxy) is 1. The van der Waals surface area contributed by atoms with E-state index in [0.29, 0.717) is 17.7 Å². The molecule has 1 heterocycles. The van der Waals surface area contributed by atoms with Crippen molar-refractivity contribution >= 4 is 34.7 Å². The second-order valence-corrected chi connectivity index (χ2v) is 7.13. The predicted octanol–water partition coefficient (Wildman–Crippen LogP) is 4.09. The summed E-state index contributed by atoms with van der Waals surface area (Å²) in [6.07, 6.45) is 0.00300. The van der Waals surface area contributed by atoms with Crippen molar-refractivity contribution in [2.24, 2.45) is 5.92 Å². The molecule has 26 heavy (non-hydrogen) atoms. The van der Waals surface area contributed by atoms with Crippen LogP contribution < -0.4 is 5.32 Å². The molecule has 1 unspecified atom stereocenters. The second kappa shape index (κ2) is 9.29. The Balaban J connectivity index is 1.86. The minimum Gasteiger partial charge on any atom is -0.454 e. The van der Waals surface area contributed by atoms with Crippen LogP contribution in [0.2, 0.25) is 0 Å². The van der Waals surface area contributed by atoms with E-state index >= 15 is 0 Å². The van der Waals surface area contributed by atoms with Crippen molar-refractivity contribution in [1.82, 2.24) is 0 Å². The number of nitrogens with one attached hydrogen (secondary N) is 1. The monoisotopic (exact) mass is 373 g/mol. The van der Waals surface area contributed by atoms with Crippen molar-refractivity contribution in [3.05, 3.63) is 52.2 Å². The maximum absolute atomic E-state index is 12.4. The number of anilines is 1. The van der Waals surface area contributed by atoms with Gasteiger partial charge in [0.1, 0.15) is 0 Å². The summed E-state index contributed by atoms with van der Waals surface area (Å²) >= 11 is 1.58. The molecule has 5 nitrogen and oxygen atoms in total. The maximum atomic E-state index is 12.4. The molecule has 138 valence electrons. The van der Waals surface area contributed by atoms with Gasteiger partial charge in [0.25, 0.3) is 0 Å². The number of esters is 1. The minimum atomic E-state index is -0.846. The van der Waals surface area contributed by atoms with Crippen molar-refractivity contribution in [3.8, 4) is 0 Å². The molecule has 0 aliphatic heterocycles. The number of amides is 1. The summed E-state index contributed by atoms with van der Waals surface area (Å²) < 4.78 is 5.24. The standard InChI is InChI=1S/C20H23NO4S/c1-13(2)20(24)21-17-7-5-16(6-8-17)19(23)14(3)25-18(22)9-4-15-10-11-26-12-15/h5-8,10-14H,4,9H2,1-3H3,(H,21,24). The van der Waals surface area contributed by atoms with E-state index in [4.69, 9.17) is 4.74 Å². The zero-order chi connectivity index (χ0) is 19.1. The molecule has 2 aromatic rings. The van der Waals surface area contributed by atoms with Gasteiger partial charge in [-0.3, -0.25) is 14.4 Å². The summed E-state index contributed by atoms with van der Waals surface area (Å²) in [5.41, 5.74) is 2.15. The Bertz CT molecular complexity index is 751. The first-order chi connectivity index (χ1) is 12.4. The lowest BCUT2D eigenvalue weighted by atomic mass is 10.1. The molecule has 1 aromatic carbocycles. The van der Waals surface area contributed by atoms with Crippen molar-refractivity contribution in [1.29, 1.82) is 0 Å². The Morgan fingerprint density at radius 1 is 1.08 bits per heavy atom. The molecule has 1 aromatic heterocycles. The molecule has 1 N–H and O–H groups in total. The zero-order valence-electron chi connectivity index (χ0n) is 15.2. The lowest BCUT2D eigenvalue weighted by Crippen LogP contribution is -2.24. The first-order valence-corrected chi connectivity index (χ1v) is 9.46. The van der Waals surface area contributed by atoms with Gasteiger partial charge in [-0.1, -0.05) is 13.8 Å². The molecular formula is C20H23NO4S. The second-order valence-electron chi connectivity index (χ2n) is 6.35. The average molecular weight is 373 g/mol. The predicted molar refractivity (Wildman–Crippen MR) is 102 cm³/mol. The summed E-state index contributed by atoms with van der Waals surface area (Å²) in [7, 11) is 0. The molecule has 2 rings (SSSR count). The van der Waals surface area contributed by atoms with Crippen LogP contribution in [0.1, 0.15) is 43.1 Å². The Morgan fingerprint density at radius 3 is 2.35 bits per heavy atom. The van der Waals surface area contributed by atoms with Gasteiger partial charge >= 0.3 is 5.97 Å². The fourth-order valence-electron chi connectivity index (χ4n) is 2.23. The molecule has 6 heteroatoms. The molecule has 0 saturated heterocycles. The van der Waals surface area contributed by atoms with E-state index in [1.165, 1.54) is 0 Å². The molecule has 0 radical (unpaired) electrons. The average Bonchev–Trinajstić information content (AvgIpc) is 3.13. The van der Waals surface area contributed by atoms with Crippen LogP contribution in [0, 0.1) is 5.92 Å². The van der Waals surface area contributed by atoms with E-state index in [0.717, 1.165) is 5.56 Å². The van der Waals surface area contributed by atoms with Crippen LogP contribution in [-0.2, 0) is 20.7 Å². The number of carbonyl (C=O) groups is 3. The van der Waals surface area contributed by atoms with Crippen molar-refractivity contribution in [2.75, 3.05) is 5.32 Å². The summed E-state index contributed by atoms with van der Waals surface area (Å²) in [6, 6.07) is 8.53. The number of Topliss-reactive ketones (excluding diaryl/α,β-unsaturated/α-hetero) is 1. The van der Waals surface area contributed by atoms with Gasteiger partial charge in [-0.05, 0) is 60.0 Å². The number of carbonyl (C=O) groups excluding carboxylic acids is 3. The molecule has 0 bridgehead atoms. The van der Waals surface area contributed by atoms with E-state index in [2.05, 4.69) is 5.32 Å².